The van der Waals surface area contributed by atoms with E-state index in [4.69, 9.17) is 0 Å². The maximum absolute atomic E-state index is 12.9. The number of anilines is 2. The topological polar surface area (TPSA) is 48.8 Å². The lowest BCUT2D eigenvalue weighted by molar-refractivity contribution is 0.627. The van der Waals surface area contributed by atoms with Gasteiger partial charge in [0.2, 0.25) is 0 Å². The zero-order valence-electron chi connectivity index (χ0n) is 13.8. The Kier molecular flexibility index (Phi) is 4.29. The SMILES string of the molecule is Fc1ccc(CN=C2Cc3ccc(NCC4=CN=CC4)cc3N2)cc1. The molecule has 2 heterocycles. The lowest BCUT2D eigenvalue weighted by atomic mass is 10.1. The maximum atomic E-state index is 12.9. The molecule has 126 valence electrons. The van der Waals surface area contributed by atoms with Crippen LogP contribution in [-0.4, -0.2) is 18.6 Å². The number of hydrogen-bond donors (Lipinski definition) is 2. The highest BCUT2D eigenvalue weighted by atomic mass is 19.1. The Morgan fingerprint density at radius 3 is 2.84 bits per heavy atom. The number of amidine groups is 1. The van der Waals surface area contributed by atoms with Crippen molar-refractivity contribution in [1.29, 1.82) is 0 Å². The van der Waals surface area contributed by atoms with Crippen LogP contribution in [0.1, 0.15) is 17.5 Å². The molecule has 25 heavy (non-hydrogen) atoms. The van der Waals surface area contributed by atoms with E-state index in [0.717, 1.165) is 42.2 Å². The van der Waals surface area contributed by atoms with Crippen molar-refractivity contribution in [2.24, 2.45) is 9.98 Å². The highest BCUT2D eigenvalue weighted by Gasteiger charge is 2.16. The second kappa shape index (κ2) is 6.89. The van der Waals surface area contributed by atoms with Crippen LogP contribution in [0.5, 0.6) is 0 Å². The van der Waals surface area contributed by atoms with Crippen molar-refractivity contribution < 1.29 is 4.39 Å². The highest BCUT2D eigenvalue weighted by Crippen LogP contribution is 2.27. The molecule has 4 nitrogen and oxygen atoms in total. The predicted molar refractivity (Wildman–Crippen MR) is 101 cm³/mol. The number of fused-ring (bicyclic) bond motifs is 1. The van der Waals surface area contributed by atoms with Gasteiger partial charge in [-0.2, -0.15) is 0 Å². The summed E-state index contributed by atoms with van der Waals surface area (Å²) in [7, 11) is 0. The summed E-state index contributed by atoms with van der Waals surface area (Å²) in [5.41, 5.74) is 5.71. The van der Waals surface area contributed by atoms with Gasteiger partial charge in [-0.1, -0.05) is 18.2 Å². The van der Waals surface area contributed by atoms with Crippen LogP contribution in [0.15, 0.2) is 64.2 Å². The van der Waals surface area contributed by atoms with E-state index in [1.54, 1.807) is 12.1 Å². The minimum atomic E-state index is -0.220. The third-order valence-electron chi connectivity index (χ3n) is 4.35. The molecule has 0 saturated heterocycles. The van der Waals surface area contributed by atoms with E-state index in [1.807, 2.05) is 12.4 Å². The van der Waals surface area contributed by atoms with Crippen LogP contribution in [0.25, 0.3) is 0 Å². The van der Waals surface area contributed by atoms with Crippen LogP contribution in [0.3, 0.4) is 0 Å². The van der Waals surface area contributed by atoms with Crippen molar-refractivity contribution in [1.82, 2.24) is 0 Å². The molecule has 0 spiro atoms. The van der Waals surface area contributed by atoms with Crippen LogP contribution in [0.2, 0.25) is 0 Å². The van der Waals surface area contributed by atoms with Crippen LogP contribution >= 0.6 is 0 Å². The van der Waals surface area contributed by atoms with Gasteiger partial charge >= 0.3 is 0 Å². The van der Waals surface area contributed by atoms with Crippen molar-refractivity contribution in [3.8, 4) is 0 Å². The Hall–Kier alpha value is -2.95. The molecular weight excluding hydrogens is 315 g/mol. The minimum absolute atomic E-state index is 0.220. The molecule has 0 saturated carbocycles. The number of benzene rings is 2. The first-order valence-corrected chi connectivity index (χ1v) is 8.37. The van der Waals surface area contributed by atoms with Crippen LogP contribution in [-0.2, 0) is 13.0 Å². The zero-order chi connectivity index (χ0) is 17.1. The summed E-state index contributed by atoms with van der Waals surface area (Å²) in [5.74, 6) is 0.728. The van der Waals surface area contributed by atoms with Gasteiger partial charge < -0.3 is 10.6 Å². The Bertz CT molecular complexity index is 866. The fourth-order valence-electron chi connectivity index (χ4n) is 2.92. The number of nitrogens with zero attached hydrogens (tertiary/aromatic N) is 2. The molecule has 0 fully saturated rings. The van der Waals surface area contributed by atoms with Gasteiger partial charge in [0.1, 0.15) is 11.7 Å². The molecule has 2 aromatic carbocycles. The Balaban J connectivity index is 1.38. The first-order chi connectivity index (χ1) is 12.3. The molecule has 0 bridgehead atoms. The van der Waals surface area contributed by atoms with Crippen molar-refractivity contribution in [2.75, 3.05) is 17.2 Å². The molecule has 0 unspecified atom stereocenters. The molecule has 0 aliphatic carbocycles. The molecule has 5 heteroatoms. The summed E-state index contributed by atoms with van der Waals surface area (Å²) in [6, 6.07) is 12.8. The van der Waals surface area contributed by atoms with E-state index in [2.05, 4.69) is 38.8 Å². The fraction of sp³-hybridized carbons (Fsp3) is 0.200. The Morgan fingerprint density at radius 2 is 2.04 bits per heavy atom. The van der Waals surface area contributed by atoms with Crippen LogP contribution in [0.4, 0.5) is 15.8 Å². The number of hydrogen-bond acceptors (Lipinski definition) is 3. The molecule has 2 aliphatic rings. The number of halogens is 1. The van der Waals surface area contributed by atoms with Crippen molar-refractivity contribution in [3.05, 3.63) is 71.2 Å². The largest absolute Gasteiger partial charge is 0.381 e. The lowest BCUT2D eigenvalue weighted by Crippen LogP contribution is -2.07. The van der Waals surface area contributed by atoms with Gasteiger partial charge in [-0.25, -0.2) is 4.39 Å². The summed E-state index contributed by atoms with van der Waals surface area (Å²) in [6.07, 6.45) is 5.57. The zero-order valence-corrected chi connectivity index (χ0v) is 13.8. The third-order valence-corrected chi connectivity index (χ3v) is 4.35. The Labute approximate surface area is 146 Å². The first-order valence-electron chi connectivity index (χ1n) is 8.37. The highest BCUT2D eigenvalue weighted by molar-refractivity contribution is 6.03. The second-order valence-electron chi connectivity index (χ2n) is 6.24. The molecule has 2 aliphatic heterocycles. The van der Waals surface area contributed by atoms with Crippen LogP contribution < -0.4 is 10.6 Å². The van der Waals surface area contributed by atoms with E-state index < -0.39 is 0 Å². The summed E-state index contributed by atoms with van der Waals surface area (Å²) in [5, 5.41) is 6.81. The standard InChI is InChI=1S/C20H19FN4/c21-17-4-1-14(2-5-17)12-24-20-9-16-3-6-18(10-19(16)25-20)23-13-15-7-8-22-11-15/h1-6,8,10-11,23H,7,9,12-13H2,(H,24,25). The molecule has 4 rings (SSSR count). The third kappa shape index (κ3) is 3.76. The van der Waals surface area contributed by atoms with Crippen molar-refractivity contribution >= 4 is 23.4 Å². The predicted octanol–water partition coefficient (Wildman–Crippen LogP) is 4.16. The van der Waals surface area contributed by atoms with E-state index in [0.29, 0.717) is 6.54 Å². The van der Waals surface area contributed by atoms with E-state index >= 15 is 0 Å². The minimum Gasteiger partial charge on any atom is -0.381 e. The van der Waals surface area contributed by atoms with E-state index in [-0.39, 0.29) is 5.82 Å². The van der Waals surface area contributed by atoms with Gasteiger partial charge in [-0.05, 0) is 41.0 Å². The molecule has 0 atom stereocenters. The van der Waals surface area contributed by atoms with E-state index in [1.165, 1.54) is 23.3 Å². The van der Waals surface area contributed by atoms with Gasteiger partial charge in [-0.15, -0.1) is 0 Å². The Morgan fingerprint density at radius 1 is 1.16 bits per heavy atom. The molecule has 0 aromatic heterocycles. The smallest absolute Gasteiger partial charge is 0.123 e. The average molecular weight is 334 g/mol. The van der Waals surface area contributed by atoms with Gasteiger partial charge in [0.15, 0.2) is 0 Å². The molecule has 0 amide bonds. The number of aliphatic imine (C=N–C) groups is 2. The van der Waals surface area contributed by atoms with Crippen molar-refractivity contribution in [2.45, 2.75) is 19.4 Å². The maximum Gasteiger partial charge on any atom is 0.123 e. The van der Waals surface area contributed by atoms with Crippen molar-refractivity contribution in [3.63, 3.8) is 0 Å². The van der Waals surface area contributed by atoms with E-state index in [9.17, 15) is 4.39 Å². The van der Waals surface area contributed by atoms with Gasteiger partial charge in [0.25, 0.3) is 0 Å². The quantitative estimate of drug-likeness (QED) is 0.862. The van der Waals surface area contributed by atoms with Gasteiger partial charge in [0.05, 0.1) is 6.54 Å². The fourth-order valence-corrected chi connectivity index (χ4v) is 2.92. The average Bonchev–Trinajstić information content (AvgIpc) is 3.28. The monoisotopic (exact) mass is 334 g/mol. The number of nitrogens with one attached hydrogen (secondary N) is 2. The second-order valence-corrected chi connectivity index (χ2v) is 6.24. The molecular formula is C20H19FN4. The molecule has 0 radical (unpaired) electrons. The summed E-state index contributed by atoms with van der Waals surface area (Å²) in [4.78, 5) is 8.73. The number of rotatable bonds is 5. The molecule has 2 aromatic rings. The lowest BCUT2D eigenvalue weighted by Gasteiger charge is -2.08. The summed E-state index contributed by atoms with van der Waals surface area (Å²) >= 11 is 0. The summed E-state index contributed by atoms with van der Waals surface area (Å²) < 4.78 is 12.9. The van der Waals surface area contributed by atoms with Gasteiger partial charge in [0, 0.05) is 43.2 Å². The van der Waals surface area contributed by atoms with Crippen LogP contribution in [0, 0.1) is 5.82 Å². The van der Waals surface area contributed by atoms with Gasteiger partial charge in [-0.3, -0.25) is 9.98 Å². The first kappa shape index (κ1) is 15.6. The summed E-state index contributed by atoms with van der Waals surface area (Å²) in [6.45, 7) is 1.36. The molecule has 2 N–H and O–H groups in total. The normalized spacial score (nSPS) is 16.7.